The third-order valence-corrected chi connectivity index (χ3v) is 3.35. The van der Waals surface area contributed by atoms with E-state index >= 15 is 0 Å². The molecule has 0 saturated carbocycles. The van der Waals surface area contributed by atoms with E-state index in [0.717, 1.165) is 10.0 Å². The van der Waals surface area contributed by atoms with E-state index in [1.54, 1.807) is 6.07 Å². The molecule has 2 rings (SSSR count). The summed E-state index contributed by atoms with van der Waals surface area (Å²) in [5.74, 6) is 0.670. The zero-order chi connectivity index (χ0) is 12.4. The van der Waals surface area contributed by atoms with Gasteiger partial charge in [-0.1, -0.05) is 39.3 Å². The minimum Gasteiger partial charge on any atom is -0.368 e. The van der Waals surface area contributed by atoms with Crippen LogP contribution in [-0.4, -0.2) is 21.2 Å². The molecular weight excluding hydrogens is 324 g/mol. The molecule has 2 aromatic rings. The summed E-state index contributed by atoms with van der Waals surface area (Å²) < 4.78 is 0.904. The highest BCUT2D eigenvalue weighted by atomic mass is 79.9. The minimum absolute atomic E-state index is 0.190. The zero-order valence-electron chi connectivity index (χ0n) is 8.82. The third kappa shape index (κ3) is 2.88. The van der Waals surface area contributed by atoms with Crippen molar-refractivity contribution in [3.63, 3.8) is 0 Å². The lowest BCUT2D eigenvalue weighted by molar-refractivity contribution is 0.927. The van der Waals surface area contributed by atoms with Gasteiger partial charge in [0, 0.05) is 10.0 Å². The first-order valence-electron chi connectivity index (χ1n) is 4.61. The van der Waals surface area contributed by atoms with Crippen molar-refractivity contribution in [3.05, 3.63) is 27.7 Å². The summed E-state index contributed by atoms with van der Waals surface area (Å²) in [6, 6.07) is 5.48. The number of halogens is 2. The Morgan fingerprint density at radius 2 is 2.06 bits per heavy atom. The Labute approximate surface area is 116 Å². The molecule has 0 radical (unpaired) electrons. The van der Waals surface area contributed by atoms with Crippen molar-refractivity contribution in [3.8, 4) is 11.4 Å². The summed E-state index contributed by atoms with van der Waals surface area (Å²) in [4.78, 5) is 12.4. The van der Waals surface area contributed by atoms with Crippen LogP contribution in [0.1, 0.15) is 0 Å². The van der Waals surface area contributed by atoms with Gasteiger partial charge in [-0.15, -0.1) is 0 Å². The Hall–Kier alpha value is -0.850. The lowest BCUT2D eigenvalue weighted by Gasteiger charge is -2.05. The highest BCUT2D eigenvalue weighted by molar-refractivity contribution is 9.10. The highest BCUT2D eigenvalue weighted by Gasteiger charge is 2.10. The van der Waals surface area contributed by atoms with Gasteiger partial charge in [0.25, 0.3) is 0 Å². The molecule has 1 heterocycles. The number of hydrogen-bond acceptors (Lipinski definition) is 5. The van der Waals surface area contributed by atoms with Crippen molar-refractivity contribution in [2.75, 3.05) is 12.0 Å². The van der Waals surface area contributed by atoms with E-state index in [4.69, 9.17) is 17.3 Å². The molecule has 1 aromatic carbocycles. The largest absolute Gasteiger partial charge is 0.368 e. The van der Waals surface area contributed by atoms with Crippen molar-refractivity contribution in [2.45, 2.75) is 5.16 Å². The number of nitrogens with zero attached hydrogens (tertiary/aromatic N) is 3. The molecule has 0 spiro atoms. The van der Waals surface area contributed by atoms with E-state index in [1.165, 1.54) is 11.8 Å². The van der Waals surface area contributed by atoms with Gasteiger partial charge in [0.1, 0.15) is 0 Å². The molecule has 7 heteroatoms. The highest BCUT2D eigenvalue weighted by Crippen LogP contribution is 2.29. The van der Waals surface area contributed by atoms with E-state index < -0.39 is 0 Å². The molecule has 1 aromatic heterocycles. The zero-order valence-corrected chi connectivity index (χ0v) is 12.0. The van der Waals surface area contributed by atoms with Crippen LogP contribution >= 0.6 is 39.3 Å². The smallest absolute Gasteiger partial charge is 0.224 e. The Balaban J connectivity index is 2.59. The predicted octanol–water partition coefficient (Wildman–Crippen LogP) is 3.26. The van der Waals surface area contributed by atoms with Crippen molar-refractivity contribution in [1.82, 2.24) is 15.0 Å². The first-order chi connectivity index (χ1) is 8.10. The summed E-state index contributed by atoms with van der Waals surface area (Å²) in [5, 5.41) is 1.15. The molecule has 0 unspecified atom stereocenters. The van der Waals surface area contributed by atoms with Gasteiger partial charge >= 0.3 is 0 Å². The number of thioether (sulfide) groups is 1. The standard InChI is InChI=1S/C10H8BrClN4S/c1-17-10-15-8(14-9(13)16-10)6-4-5(11)2-3-7(6)12/h2-4H,1H3,(H2,13,14,15,16). The van der Waals surface area contributed by atoms with E-state index in [1.807, 2.05) is 18.4 Å². The average Bonchev–Trinajstić information content (AvgIpc) is 2.31. The lowest BCUT2D eigenvalue weighted by Crippen LogP contribution is -2.01. The maximum absolute atomic E-state index is 6.11. The average molecular weight is 332 g/mol. The summed E-state index contributed by atoms with van der Waals surface area (Å²) in [6.45, 7) is 0. The van der Waals surface area contributed by atoms with Crippen LogP contribution in [0.3, 0.4) is 0 Å². The first-order valence-corrected chi connectivity index (χ1v) is 7.00. The monoisotopic (exact) mass is 330 g/mol. The van der Waals surface area contributed by atoms with Crippen molar-refractivity contribution in [1.29, 1.82) is 0 Å². The Bertz CT molecular complexity index is 564. The molecule has 0 amide bonds. The quantitative estimate of drug-likeness (QED) is 0.856. The van der Waals surface area contributed by atoms with Gasteiger partial charge in [0.05, 0.1) is 5.02 Å². The molecular formula is C10H8BrClN4S. The summed E-state index contributed by atoms with van der Waals surface area (Å²) in [6.07, 6.45) is 1.88. The third-order valence-electron chi connectivity index (χ3n) is 1.98. The van der Waals surface area contributed by atoms with Gasteiger partial charge in [-0.25, -0.2) is 4.98 Å². The molecule has 0 aliphatic heterocycles. The molecule has 17 heavy (non-hydrogen) atoms. The second-order valence-electron chi connectivity index (χ2n) is 3.13. The van der Waals surface area contributed by atoms with Gasteiger partial charge in [0.2, 0.25) is 5.95 Å². The maximum Gasteiger partial charge on any atom is 0.224 e. The predicted molar refractivity (Wildman–Crippen MR) is 74.2 cm³/mol. The fourth-order valence-electron chi connectivity index (χ4n) is 1.25. The summed E-state index contributed by atoms with van der Waals surface area (Å²) in [5.41, 5.74) is 6.36. The van der Waals surface area contributed by atoms with Crippen LogP contribution in [0.4, 0.5) is 5.95 Å². The molecule has 88 valence electrons. The second kappa shape index (κ2) is 5.20. The number of nitrogens with two attached hydrogens (primary N) is 1. The maximum atomic E-state index is 6.11. The van der Waals surface area contributed by atoms with Crippen molar-refractivity contribution < 1.29 is 0 Å². The molecule has 0 aliphatic rings. The van der Waals surface area contributed by atoms with Gasteiger partial charge in [-0.2, -0.15) is 9.97 Å². The van der Waals surface area contributed by atoms with Gasteiger partial charge in [0.15, 0.2) is 11.0 Å². The first kappa shape index (κ1) is 12.6. The van der Waals surface area contributed by atoms with Gasteiger partial charge in [-0.05, 0) is 24.5 Å². The van der Waals surface area contributed by atoms with Crippen LogP contribution in [-0.2, 0) is 0 Å². The van der Waals surface area contributed by atoms with Crippen LogP contribution in [0.5, 0.6) is 0 Å². The molecule has 0 fully saturated rings. The molecule has 0 saturated heterocycles. The van der Waals surface area contributed by atoms with E-state index in [9.17, 15) is 0 Å². The number of aromatic nitrogens is 3. The van der Waals surface area contributed by atoms with Crippen LogP contribution in [0.2, 0.25) is 5.02 Å². The number of benzene rings is 1. The van der Waals surface area contributed by atoms with Crippen molar-refractivity contribution >= 4 is 45.2 Å². The van der Waals surface area contributed by atoms with E-state index in [-0.39, 0.29) is 5.95 Å². The molecule has 0 atom stereocenters. The Morgan fingerprint density at radius 3 is 2.76 bits per heavy atom. The van der Waals surface area contributed by atoms with E-state index in [2.05, 4.69) is 30.9 Å². The molecule has 0 bridgehead atoms. The molecule has 2 N–H and O–H groups in total. The van der Waals surface area contributed by atoms with Gasteiger partial charge < -0.3 is 5.73 Å². The number of anilines is 1. The minimum atomic E-state index is 0.190. The van der Waals surface area contributed by atoms with Crippen LogP contribution in [0.25, 0.3) is 11.4 Å². The van der Waals surface area contributed by atoms with Crippen LogP contribution < -0.4 is 5.73 Å². The number of nitrogen functional groups attached to an aromatic ring is 1. The second-order valence-corrected chi connectivity index (χ2v) is 5.22. The fourth-order valence-corrected chi connectivity index (χ4v) is 2.18. The topological polar surface area (TPSA) is 64.7 Å². The Kier molecular flexibility index (Phi) is 3.86. The number of rotatable bonds is 2. The summed E-state index contributed by atoms with van der Waals surface area (Å²) in [7, 11) is 0. The van der Waals surface area contributed by atoms with Crippen LogP contribution in [0.15, 0.2) is 27.8 Å². The molecule has 0 aliphatic carbocycles. The van der Waals surface area contributed by atoms with Crippen molar-refractivity contribution in [2.24, 2.45) is 0 Å². The SMILES string of the molecule is CSc1nc(N)nc(-c2cc(Br)ccc2Cl)n1. The Morgan fingerprint density at radius 1 is 1.29 bits per heavy atom. The lowest BCUT2D eigenvalue weighted by atomic mass is 10.2. The fraction of sp³-hybridized carbons (Fsp3) is 0.100. The summed E-state index contributed by atoms with van der Waals surface area (Å²) >= 11 is 10.9. The van der Waals surface area contributed by atoms with Gasteiger partial charge in [-0.3, -0.25) is 0 Å². The van der Waals surface area contributed by atoms with Crippen LogP contribution in [0, 0.1) is 0 Å². The normalized spacial score (nSPS) is 10.5. The number of hydrogen-bond donors (Lipinski definition) is 1. The van der Waals surface area contributed by atoms with E-state index in [0.29, 0.717) is 16.0 Å². The molecule has 4 nitrogen and oxygen atoms in total.